The summed E-state index contributed by atoms with van der Waals surface area (Å²) in [5, 5.41) is 4.23. The van der Waals surface area contributed by atoms with Crippen LogP contribution in [0.15, 0.2) is 33.3 Å². The zero-order chi connectivity index (χ0) is 15.5. The summed E-state index contributed by atoms with van der Waals surface area (Å²) in [6, 6.07) is 7.39. The van der Waals surface area contributed by atoms with Gasteiger partial charge in [-0.3, -0.25) is 4.90 Å². The molecule has 2 heterocycles. The first-order chi connectivity index (χ1) is 10.7. The van der Waals surface area contributed by atoms with Crippen LogP contribution in [-0.4, -0.2) is 16.6 Å². The summed E-state index contributed by atoms with van der Waals surface area (Å²) in [7, 11) is 0. The Kier molecular flexibility index (Phi) is 4.93. The fourth-order valence-electron chi connectivity index (χ4n) is 3.08. The summed E-state index contributed by atoms with van der Waals surface area (Å²) < 4.78 is 20.3. The van der Waals surface area contributed by atoms with Crippen molar-refractivity contribution in [2.45, 2.75) is 45.2 Å². The van der Waals surface area contributed by atoms with Gasteiger partial charge in [-0.15, -0.1) is 0 Å². The highest BCUT2D eigenvalue weighted by Gasteiger charge is 2.29. The van der Waals surface area contributed by atoms with Crippen molar-refractivity contribution >= 4 is 15.9 Å². The number of benzene rings is 1. The molecular weight excluding hydrogens is 347 g/mol. The average molecular weight is 367 g/mol. The van der Waals surface area contributed by atoms with Crippen molar-refractivity contribution in [1.82, 2.24) is 10.1 Å². The summed E-state index contributed by atoms with van der Waals surface area (Å²) in [5.74, 6) is 0.790. The van der Waals surface area contributed by atoms with E-state index in [0.29, 0.717) is 6.54 Å². The largest absolute Gasteiger partial charge is 0.361 e. The van der Waals surface area contributed by atoms with E-state index in [1.165, 1.54) is 6.07 Å². The first kappa shape index (κ1) is 15.7. The Bertz CT molecular complexity index is 643. The van der Waals surface area contributed by atoms with Crippen molar-refractivity contribution in [2.75, 3.05) is 6.54 Å². The van der Waals surface area contributed by atoms with Crippen molar-refractivity contribution in [1.29, 1.82) is 0 Å². The summed E-state index contributed by atoms with van der Waals surface area (Å²) >= 11 is 3.41. The van der Waals surface area contributed by atoms with E-state index in [1.54, 1.807) is 6.07 Å². The molecule has 2 aromatic rings. The molecule has 0 radical (unpaired) electrons. The van der Waals surface area contributed by atoms with Crippen molar-refractivity contribution in [3.8, 4) is 0 Å². The van der Waals surface area contributed by atoms with Gasteiger partial charge < -0.3 is 4.52 Å². The smallest absolute Gasteiger partial charge is 0.137 e. The van der Waals surface area contributed by atoms with Crippen LogP contribution in [0.25, 0.3) is 0 Å². The predicted molar refractivity (Wildman–Crippen MR) is 87.0 cm³/mol. The van der Waals surface area contributed by atoms with Crippen LogP contribution in [0.1, 0.15) is 49.2 Å². The van der Waals surface area contributed by atoms with E-state index in [2.05, 4.69) is 39.0 Å². The summed E-state index contributed by atoms with van der Waals surface area (Å²) in [6.45, 7) is 3.69. The van der Waals surface area contributed by atoms with Crippen LogP contribution in [0, 0.1) is 5.82 Å². The molecule has 0 spiro atoms. The van der Waals surface area contributed by atoms with Gasteiger partial charge in [0.1, 0.15) is 17.3 Å². The van der Waals surface area contributed by atoms with E-state index in [1.807, 2.05) is 6.07 Å². The van der Waals surface area contributed by atoms with E-state index >= 15 is 0 Å². The molecule has 0 bridgehead atoms. The molecule has 1 fully saturated rings. The van der Waals surface area contributed by atoms with E-state index in [0.717, 1.165) is 53.7 Å². The molecule has 0 unspecified atom stereocenters. The summed E-state index contributed by atoms with van der Waals surface area (Å²) in [6.07, 6.45) is 4.12. The van der Waals surface area contributed by atoms with E-state index < -0.39 is 0 Å². The Hall–Kier alpha value is -1.20. The zero-order valence-electron chi connectivity index (χ0n) is 12.7. The first-order valence-electron chi connectivity index (χ1n) is 7.81. The third-order valence-corrected chi connectivity index (χ3v) is 4.65. The maximum Gasteiger partial charge on any atom is 0.137 e. The highest BCUT2D eigenvalue weighted by molar-refractivity contribution is 9.10. The quantitative estimate of drug-likeness (QED) is 0.755. The number of hydrogen-bond acceptors (Lipinski definition) is 3. The van der Waals surface area contributed by atoms with Crippen LogP contribution in [0.4, 0.5) is 4.39 Å². The SMILES string of the molecule is CCCc1cc([C@H]2CCCN2Cc2cc(Br)ccc2F)no1. The lowest BCUT2D eigenvalue weighted by molar-refractivity contribution is 0.233. The van der Waals surface area contributed by atoms with Gasteiger partial charge in [0.15, 0.2) is 0 Å². The zero-order valence-corrected chi connectivity index (χ0v) is 14.3. The molecule has 0 aliphatic carbocycles. The van der Waals surface area contributed by atoms with Crippen molar-refractivity contribution in [2.24, 2.45) is 0 Å². The molecular formula is C17H20BrFN2O. The minimum Gasteiger partial charge on any atom is -0.361 e. The summed E-state index contributed by atoms with van der Waals surface area (Å²) in [5.41, 5.74) is 1.70. The standard InChI is InChI=1S/C17H20BrFN2O/c1-2-4-14-10-16(20-22-14)17-5-3-8-21(17)11-12-9-13(18)6-7-15(12)19/h6-7,9-10,17H,2-5,8,11H2,1H3/t17-/m1/s1. The van der Waals surface area contributed by atoms with Crippen LogP contribution in [0.3, 0.4) is 0 Å². The van der Waals surface area contributed by atoms with Gasteiger partial charge in [-0.2, -0.15) is 0 Å². The van der Waals surface area contributed by atoms with E-state index in [-0.39, 0.29) is 11.9 Å². The van der Waals surface area contributed by atoms with Crippen LogP contribution >= 0.6 is 15.9 Å². The summed E-state index contributed by atoms with van der Waals surface area (Å²) in [4.78, 5) is 2.29. The Balaban J connectivity index is 1.76. The van der Waals surface area contributed by atoms with Gasteiger partial charge in [0, 0.05) is 29.1 Å². The molecule has 1 saturated heterocycles. The van der Waals surface area contributed by atoms with Crippen LogP contribution < -0.4 is 0 Å². The van der Waals surface area contributed by atoms with E-state index in [4.69, 9.17) is 4.52 Å². The third-order valence-electron chi connectivity index (χ3n) is 4.16. The lowest BCUT2D eigenvalue weighted by Crippen LogP contribution is -2.23. The Morgan fingerprint density at radius 3 is 3.09 bits per heavy atom. The number of rotatable bonds is 5. The maximum absolute atomic E-state index is 14.0. The number of nitrogens with zero attached hydrogens (tertiary/aromatic N) is 2. The molecule has 0 saturated carbocycles. The molecule has 3 nitrogen and oxygen atoms in total. The normalized spacial score (nSPS) is 19.0. The highest BCUT2D eigenvalue weighted by atomic mass is 79.9. The minimum atomic E-state index is -0.152. The number of hydrogen-bond donors (Lipinski definition) is 0. The third kappa shape index (κ3) is 3.41. The van der Waals surface area contributed by atoms with Crippen molar-refractivity contribution < 1.29 is 8.91 Å². The van der Waals surface area contributed by atoms with Crippen LogP contribution in [0.5, 0.6) is 0 Å². The van der Waals surface area contributed by atoms with E-state index in [9.17, 15) is 4.39 Å². The molecule has 22 heavy (non-hydrogen) atoms. The highest BCUT2D eigenvalue weighted by Crippen LogP contribution is 2.33. The predicted octanol–water partition coefficient (Wildman–Crippen LogP) is 4.87. The number of aromatic nitrogens is 1. The van der Waals surface area contributed by atoms with Gasteiger partial charge in [0.05, 0.1) is 6.04 Å². The lowest BCUT2D eigenvalue weighted by atomic mass is 10.1. The molecule has 0 N–H and O–H groups in total. The Labute approximate surface area is 138 Å². The second kappa shape index (κ2) is 6.92. The second-order valence-electron chi connectivity index (χ2n) is 5.83. The maximum atomic E-state index is 14.0. The number of likely N-dealkylation sites (tertiary alicyclic amines) is 1. The monoisotopic (exact) mass is 366 g/mol. The molecule has 1 aromatic carbocycles. The van der Waals surface area contributed by atoms with Crippen LogP contribution in [0.2, 0.25) is 0 Å². The second-order valence-corrected chi connectivity index (χ2v) is 6.75. The molecule has 1 atom stereocenters. The Morgan fingerprint density at radius 2 is 2.27 bits per heavy atom. The van der Waals surface area contributed by atoms with Gasteiger partial charge in [-0.25, -0.2) is 4.39 Å². The van der Waals surface area contributed by atoms with Gasteiger partial charge >= 0.3 is 0 Å². The van der Waals surface area contributed by atoms with Gasteiger partial charge in [-0.05, 0) is 44.0 Å². The Morgan fingerprint density at radius 1 is 1.41 bits per heavy atom. The average Bonchev–Trinajstić information content (AvgIpc) is 3.12. The molecule has 1 aliphatic rings. The van der Waals surface area contributed by atoms with Gasteiger partial charge in [0.2, 0.25) is 0 Å². The van der Waals surface area contributed by atoms with Crippen molar-refractivity contribution in [3.63, 3.8) is 0 Å². The van der Waals surface area contributed by atoms with Crippen LogP contribution in [-0.2, 0) is 13.0 Å². The molecule has 0 amide bonds. The van der Waals surface area contributed by atoms with Gasteiger partial charge in [-0.1, -0.05) is 28.0 Å². The molecule has 118 valence electrons. The van der Waals surface area contributed by atoms with Crippen molar-refractivity contribution in [3.05, 3.63) is 51.6 Å². The first-order valence-corrected chi connectivity index (χ1v) is 8.60. The molecule has 1 aromatic heterocycles. The minimum absolute atomic E-state index is 0.152. The lowest BCUT2D eigenvalue weighted by Gasteiger charge is -2.23. The molecule has 1 aliphatic heterocycles. The fourth-order valence-corrected chi connectivity index (χ4v) is 3.49. The number of aryl methyl sites for hydroxylation is 1. The molecule has 5 heteroatoms. The molecule has 3 rings (SSSR count). The topological polar surface area (TPSA) is 29.3 Å². The number of halogens is 2. The fraction of sp³-hybridized carbons (Fsp3) is 0.471. The van der Waals surface area contributed by atoms with Gasteiger partial charge in [0.25, 0.3) is 0 Å².